The zero-order valence-electron chi connectivity index (χ0n) is 60.8. The number of benzene rings is 2. The van der Waals surface area contributed by atoms with Gasteiger partial charge < -0.3 is 32.4 Å². The number of ketones is 2. The van der Waals surface area contributed by atoms with Crippen molar-refractivity contribution in [3.05, 3.63) is 179 Å². The SMILES string of the molecule is COC(=O)c1c(-c2ccccc2)nn(C)c1N=Nc1c(C)nn(-c2cc(-n3nc(C)c(N=Nc4c(C(=O)C=O)c(-c5ccccc5)nn4C)c3N)ncn2)c1N.COC(=O)c1c(-c2ccccn2)nn(C)c1N=Nc1c(C)nn(-c2cc(-n3nc(C)c(N=Nc4c(C(=O)C=O)c(-c5ccccn5)nn4C)c3N)ncn2)c1N. The molecule has 0 saturated heterocycles. The van der Waals surface area contributed by atoms with Crippen LogP contribution in [-0.4, -0.2) is 158 Å². The summed E-state index contributed by atoms with van der Waals surface area (Å²) in [5, 5.41) is 70.3. The lowest BCUT2D eigenvalue weighted by molar-refractivity contribution is -0.105. The molecule has 14 aromatic rings. The molecule has 42 nitrogen and oxygen atoms in total. The summed E-state index contributed by atoms with van der Waals surface area (Å²) in [6.45, 7) is 6.69. The Morgan fingerprint density at radius 1 is 0.357 bits per heavy atom. The van der Waals surface area contributed by atoms with Gasteiger partial charge in [0, 0.05) is 63.8 Å². The standard InChI is InChI=1S/C36H32N16O4.C34H30N18O4/c1-19-28(41-43-34-26(23(54)17-53)30(47-49(34)3)21-12-8-6-9-13-21)32(37)51(45-19)24-16-25(40-18-39-24)52-33(38)29(20(2)46-52)42-44-35-27(36(55)56-5)31(48-50(35)4)22-14-10-7-11-15-22;1-17-26(41-43-32-24(21(54)15-53)28(47-49(32)3)19-10-6-8-12-37-19)30(35)51(45-17)22-14-23(40-16-39-22)52-31(36)27(18(2)46-52)42-44-33-25(34(55)56-5)29(48-50(33)4)20-11-7-9-13-38-20/h6-18H,37-38H2,1-5H3;6-16H,35-36H2,1-5H3. The van der Waals surface area contributed by atoms with Gasteiger partial charge in [-0.2, -0.15) is 59.5 Å². The Balaban J connectivity index is 0.000000196. The van der Waals surface area contributed by atoms with E-state index in [9.17, 15) is 28.8 Å². The molecule has 0 amide bonds. The lowest BCUT2D eigenvalue weighted by Gasteiger charge is -2.06. The van der Waals surface area contributed by atoms with Crippen molar-refractivity contribution in [1.82, 2.24) is 108 Å². The van der Waals surface area contributed by atoms with Gasteiger partial charge in [0.2, 0.25) is 11.6 Å². The smallest absolute Gasteiger partial charge is 0.344 e. The fourth-order valence-corrected chi connectivity index (χ4v) is 11.5. The fraction of sp³-hybridized carbons (Fsp3) is 0.143. The van der Waals surface area contributed by atoms with Crippen molar-refractivity contribution >= 4 is 105 Å². The molecule has 0 bridgehead atoms. The average Bonchev–Trinajstić information content (AvgIpc) is 1.63. The molecule has 0 spiro atoms. The number of nitrogen functional groups attached to an aromatic ring is 4. The molecule has 2 aromatic carbocycles. The van der Waals surface area contributed by atoms with E-state index in [1.807, 2.05) is 36.4 Å². The lowest BCUT2D eigenvalue weighted by Crippen LogP contribution is -2.09. The Bertz CT molecular complexity index is 5790. The predicted octanol–water partition coefficient (Wildman–Crippen LogP) is 9.65. The molecule has 12 heterocycles. The van der Waals surface area contributed by atoms with E-state index in [2.05, 4.69) is 112 Å². The third kappa shape index (κ3) is 14.0. The number of hydrogen-bond acceptors (Lipinski definition) is 34. The van der Waals surface area contributed by atoms with Crippen LogP contribution in [0.3, 0.4) is 0 Å². The number of ether oxygens (including phenoxy) is 2. The quantitative estimate of drug-likeness (QED) is 0.0161. The second kappa shape index (κ2) is 31.1. The first-order valence-electron chi connectivity index (χ1n) is 33.1. The lowest BCUT2D eigenvalue weighted by atomic mass is 10.1. The highest BCUT2D eigenvalue weighted by atomic mass is 16.5. The Morgan fingerprint density at radius 3 is 0.938 bits per heavy atom. The summed E-state index contributed by atoms with van der Waals surface area (Å²) in [5.41, 5.74) is 31.8. The van der Waals surface area contributed by atoms with Gasteiger partial charge in [-0.1, -0.05) is 72.8 Å². The number of azo groups is 4. The number of nitrogens with two attached hydrogens (primary N) is 4. The Kier molecular flexibility index (Phi) is 20.6. The highest BCUT2D eigenvalue weighted by Crippen LogP contribution is 2.40. The second-order valence-corrected chi connectivity index (χ2v) is 24.0. The van der Waals surface area contributed by atoms with E-state index >= 15 is 0 Å². The molecule has 0 radical (unpaired) electrons. The first-order chi connectivity index (χ1) is 54.0. The van der Waals surface area contributed by atoms with E-state index in [0.29, 0.717) is 51.0 Å². The molecule has 0 aliphatic carbocycles. The minimum absolute atomic E-state index is 0.00585. The summed E-state index contributed by atoms with van der Waals surface area (Å²) in [4.78, 5) is 100. The van der Waals surface area contributed by atoms with E-state index in [0.717, 1.165) is 0 Å². The van der Waals surface area contributed by atoms with Crippen molar-refractivity contribution in [2.24, 2.45) is 69.1 Å². The van der Waals surface area contributed by atoms with Crippen molar-refractivity contribution in [3.63, 3.8) is 0 Å². The van der Waals surface area contributed by atoms with Crippen molar-refractivity contribution < 1.29 is 38.2 Å². The maximum absolute atomic E-state index is 12.9. The third-order valence-corrected chi connectivity index (χ3v) is 16.8. The van der Waals surface area contributed by atoms with Crippen LogP contribution in [0.15, 0.2) is 175 Å². The number of aldehydes is 2. The minimum atomic E-state index is -0.850. The summed E-state index contributed by atoms with van der Waals surface area (Å²) in [5.74, 6) is -1.44. The van der Waals surface area contributed by atoms with Crippen molar-refractivity contribution in [3.8, 4) is 68.6 Å². The molecule has 0 unspecified atom stereocenters. The highest BCUT2D eigenvalue weighted by Gasteiger charge is 2.31. The molecular formula is C70H62N34O8. The molecule has 560 valence electrons. The number of carbonyl (C=O) groups excluding carboxylic acids is 6. The largest absolute Gasteiger partial charge is 0.465 e. The van der Waals surface area contributed by atoms with Crippen LogP contribution in [0.25, 0.3) is 68.6 Å². The Hall–Kier alpha value is -16.2. The number of pyridine rings is 2. The summed E-state index contributed by atoms with van der Waals surface area (Å²) in [7, 11) is 8.90. The number of aromatic nitrogens is 22. The van der Waals surface area contributed by atoms with Gasteiger partial charge in [-0.15, -0.1) is 40.9 Å². The van der Waals surface area contributed by atoms with Gasteiger partial charge >= 0.3 is 11.9 Å². The topological polar surface area (TPSA) is 544 Å². The van der Waals surface area contributed by atoms with Crippen molar-refractivity contribution in [1.29, 1.82) is 0 Å². The molecule has 0 fully saturated rings. The Morgan fingerprint density at radius 2 is 0.634 bits per heavy atom. The van der Waals surface area contributed by atoms with Crippen molar-refractivity contribution in [2.75, 3.05) is 37.2 Å². The molecule has 42 heteroatoms. The van der Waals surface area contributed by atoms with Crippen LogP contribution < -0.4 is 22.9 Å². The first kappa shape index (κ1) is 74.1. The van der Waals surface area contributed by atoms with Crippen LogP contribution in [-0.2, 0) is 47.3 Å². The van der Waals surface area contributed by atoms with E-state index in [-0.39, 0.29) is 144 Å². The zero-order chi connectivity index (χ0) is 79.3. The van der Waals surface area contributed by atoms with Gasteiger partial charge in [-0.3, -0.25) is 29.1 Å². The zero-order valence-corrected chi connectivity index (χ0v) is 60.8. The summed E-state index contributed by atoms with van der Waals surface area (Å²) >= 11 is 0. The number of nitrogens with zero attached hydrogens (tertiary/aromatic N) is 30. The predicted molar refractivity (Wildman–Crippen MR) is 399 cm³/mol. The molecule has 0 saturated carbocycles. The third-order valence-electron chi connectivity index (χ3n) is 16.8. The van der Waals surface area contributed by atoms with E-state index in [1.165, 1.54) is 76.6 Å². The van der Waals surface area contributed by atoms with Gasteiger partial charge in [-0.05, 0) is 52.0 Å². The normalized spacial score (nSPS) is 11.5. The number of rotatable bonds is 22. The molecule has 8 N–H and O–H groups in total. The summed E-state index contributed by atoms with van der Waals surface area (Å²) in [6, 6.07) is 31.5. The highest BCUT2D eigenvalue weighted by molar-refractivity contribution is 6.36. The average molecular weight is 1510 g/mol. The summed E-state index contributed by atoms with van der Waals surface area (Å²) < 4.78 is 20.9. The van der Waals surface area contributed by atoms with Crippen LogP contribution in [0.2, 0.25) is 0 Å². The van der Waals surface area contributed by atoms with Crippen LogP contribution in [0.1, 0.15) is 64.2 Å². The molecule has 14 rings (SSSR count). The van der Waals surface area contributed by atoms with Crippen LogP contribution in [0.5, 0.6) is 0 Å². The number of Topliss-reactive ketones (excluding diaryl/α,β-unsaturated/α-hetero) is 2. The number of carbonyl (C=O) groups is 6. The van der Waals surface area contributed by atoms with Crippen LogP contribution >= 0.6 is 0 Å². The summed E-state index contributed by atoms with van der Waals surface area (Å²) in [6.07, 6.45) is 6.04. The minimum Gasteiger partial charge on any atom is -0.465 e. The van der Waals surface area contributed by atoms with E-state index < -0.39 is 23.5 Å². The molecule has 0 aliphatic heterocycles. The van der Waals surface area contributed by atoms with Crippen LogP contribution in [0.4, 0.5) is 69.3 Å². The fourth-order valence-electron chi connectivity index (χ4n) is 11.5. The molecule has 12 aromatic heterocycles. The molecule has 0 atom stereocenters. The van der Waals surface area contributed by atoms with Gasteiger partial charge in [0.25, 0.3) is 0 Å². The van der Waals surface area contributed by atoms with E-state index in [1.54, 1.807) is 129 Å². The van der Waals surface area contributed by atoms with Gasteiger partial charge in [0.1, 0.15) is 52.1 Å². The number of methoxy groups -OCH3 is 2. The number of aryl methyl sites for hydroxylation is 8. The van der Waals surface area contributed by atoms with Gasteiger partial charge in [0.15, 0.2) is 105 Å². The number of hydrogen-bond donors (Lipinski definition) is 4. The van der Waals surface area contributed by atoms with E-state index in [4.69, 9.17) is 32.4 Å². The maximum Gasteiger partial charge on any atom is 0.344 e. The van der Waals surface area contributed by atoms with Gasteiger partial charge in [0.05, 0.1) is 53.9 Å². The first-order valence-corrected chi connectivity index (χ1v) is 33.1. The number of esters is 2. The van der Waals surface area contributed by atoms with Crippen molar-refractivity contribution in [2.45, 2.75) is 27.7 Å². The molecule has 0 aliphatic rings. The second-order valence-electron chi connectivity index (χ2n) is 24.0. The molecular weight excluding hydrogens is 1440 g/mol. The Labute approximate surface area is 631 Å². The van der Waals surface area contributed by atoms with Gasteiger partial charge in [-0.25, -0.2) is 48.3 Å². The van der Waals surface area contributed by atoms with Crippen LogP contribution in [0, 0.1) is 27.7 Å². The molecule has 112 heavy (non-hydrogen) atoms. The maximum atomic E-state index is 12.9. The monoisotopic (exact) mass is 1510 g/mol. The number of anilines is 4.